The van der Waals surface area contributed by atoms with Crippen molar-refractivity contribution >= 4 is 11.8 Å². The second kappa shape index (κ2) is 11.6. The number of morpholine rings is 1. The maximum absolute atomic E-state index is 12.8. The van der Waals surface area contributed by atoms with Crippen LogP contribution < -0.4 is 0 Å². The van der Waals surface area contributed by atoms with Crippen LogP contribution >= 0.6 is 0 Å². The SMILES string of the molecule is C[C@H]1[C@@H](CN2CCOCC2)O[C@@H](c2ccc(CN3C(=O)c4ccccc4C3=O)cc2)O[C@H]1c1ccc(CO)cc1. The van der Waals surface area contributed by atoms with E-state index in [9.17, 15) is 14.7 Å². The first-order valence-corrected chi connectivity index (χ1v) is 13.9. The van der Waals surface area contributed by atoms with Crippen LogP contribution in [0.15, 0.2) is 72.8 Å². The van der Waals surface area contributed by atoms with Crippen LogP contribution in [-0.4, -0.2) is 65.7 Å². The minimum absolute atomic E-state index is 0.000189. The zero-order valence-electron chi connectivity index (χ0n) is 22.6. The number of aliphatic hydroxyl groups is 1. The van der Waals surface area contributed by atoms with Gasteiger partial charge in [0.1, 0.15) is 0 Å². The predicted molar refractivity (Wildman–Crippen MR) is 147 cm³/mol. The van der Waals surface area contributed by atoms with Crippen molar-refractivity contribution in [1.82, 2.24) is 9.80 Å². The summed E-state index contributed by atoms with van der Waals surface area (Å²) in [4.78, 5) is 29.3. The normalized spacial score (nSPS) is 25.3. The molecular weight excluding hydrogens is 508 g/mol. The standard InChI is InChI=1S/C32H34N2O6/c1-21-28(19-33-14-16-38-17-15-33)39-32(40-29(21)24-10-8-23(20-35)9-11-24)25-12-6-22(7-13-25)18-34-30(36)26-4-2-3-5-27(26)31(34)37/h2-13,21,28-29,32,35H,14-20H2,1H3/t21-,28+,29+,32+/m0/s1. The summed E-state index contributed by atoms with van der Waals surface area (Å²) in [5, 5.41) is 9.49. The first-order chi connectivity index (χ1) is 19.5. The van der Waals surface area contributed by atoms with Gasteiger partial charge in [-0.15, -0.1) is 0 Å². The summed E-state index contributed by atoms with van der Waals surface area (Å²) in [7, 11) is 0. The lowest BCUT2D eigenvalue weighted by atomic mass is 9.90. The minimum Gasteiger partial charge on any atom is -0.392 e. The molecule has 2 fully saturated rings. The molecule has 0 unspecified atom stereocenters. The molecule has 1 N–H and O–H groups in total. The van der Waals surface area contributed by atoms with Gasteiger partial charge in [0.2, 0.25) is 0 Å². The molecule has 3 aromatic rings. The molecule has 40 heavy (non-hydrogen) atoms. The summed E-state index contributed by atoms with van der Waals surface area (Å²) >= 11 is 0. The largest absolute Gasteiger partial charge is 0.392 e. The lowest BCUT2D eigenvalue weighted by molar-refractivity contribution is -0.277. The van der Waals surface area contributed by atoms with Crippen molar-refractivity contribution in [2.45, 2.75) is 38.6 Å². The van der Waals surface area contributed by atoms with Crippen molar-refractivity contribution in [3.63, 3.8) is 0 Å². The van der Waals surface area contributed by atoms with Gasteiger partial charge in [-0.2, -0.15) is 0 Å². The molecule has 0 aromatic heterocycles. The van der Waals surface area contributed by atoms with E-state index in [1.54, 1.807) is 24.3 Å². The molecule has 3 heterocycles. The molecule has 2 saturated heterocycles. The molecular formula is C32H34N2O6. The van der Waals surface area contributed by atoms with Gasteiger partial charge in [0, 0.05) is 31.1 Å². The number of hydrogen-bond acceptors (Lipinski definition) is 7. The number of amides is 2. The topological polar surface area (TPSA) is 88.5 Å². The molecule has 0 aliphatic carbocycles. The van der Waals surface area contributed by atoms with Gasteiger partial charge in [-0.3, -0.25) is 19.4 Å². The average molecular weight is 543 g/mol. The van der Waals surface area contributed by atoms with Crippen molar-refractivity contribution in [2.24, 2.45) is 5.92 Å². The van der Waals surface area contributed by atoms with Gasteiger partial charge in [0.15, 0.2) is 6.29 Å². The Morgan fingerprint density at radius 2 is 1.40 bits per heavy atom. The number of ether oxygens (including phenoxy) is 3. The second-order valence-electron chi connectivity index (χ2n) is 10.7. The Morgan fingerprint density at radius 1 is 0.800 bits per heavy atom. The number of carbonyl (C=O) groups excluding carboxylic acids is 2. The lowest BCUT2D eigenvalue weighted by Crippen LogP contribution is -2.47. The summed E-state index contributed by atoms with van der Waals surface area (Å²) in [6.45, 7) is 6.35. The maximum Gasteiger partial charge on any atom is 0.261 e. The summed E-state index contributed by atoms with van der Waals surface area (Å²) in [5.41, 5.74) is 4.54. The number of fused-ring (bicyclic) bond motifs is 1. The van der Waals surface area contributed by atoms with Crippen molar-refractivity contribution in [2.75, 3.05) is 32.8 Å². The van der Waals surface area contributed by atoms with Crippen molar-refractivity contribution in [3.05, 3.63) is 106 Å². The zero-order chi connectivity index (χ0) is 27.6. The van der Waals surface area contributed by atoms with Crippen molar-refractivity contribution < 1.29 is 28.9 Å². The van der Waals surface area contributed by atoms with E-state index < -0.39 is 6.29 Å². The fraction of sp³-hybridized carbons (Fsp3) is 0.375. The van der Waals surface area contributed by atoms with Gasteiger partial charge < -0.3 is 19.3 Å². The third-order valence-corrected chi connectivity index (χ3v) is 8.14. The third-order valence-electron chi connectivity index (χ3n) is 8.14. The molecule has 8 nitrogen and oxygen atoms in total. The van der Waals surface area contributed by atoms with E-state index in [0.717, 1.165) is 55.1 Å². The van der Waals surface area contributed by atoms with E-state index in [4.69, 9.17) is 14.2 Å². The molecule has 3 aromatic carbocycles. The molecule has 0 bridgehead atoms. The van der Waals surface area contributed by atoms with Crippen LogP contribution in [0.25, 0.3) is 0 Å². The first-order valence-electron chi connectivity index (χ1n) is 13.9. The van der Waals surface area contributed by atoms with Crippen LogP contribution in [0.2, 0.25) is 0 Å². The molecule has 6 rings (SSSR count). The smallest absolute Gasteiger partial charge is 0.261 e. The molecule has 2 amide bonds. The monoisotopic (exact) mass is 542 g/mol. The van der Waals surface area contributed by atoms with Crippen LogP contribution in [0, 0.1) is 5.92 Å². The van der Waals surface area contributed by atoms with E-state index in [-0.39, 0.29) is 43.1 Å². The Bertz CT molecular complexity index is 1320. The van der Waals surface area contributed by atoms with E-state index in [1.165, 1.54) is 4.90 Å². The zero-order valence-corrected chi connectivity index (χ0v) is 22.6. The van der Waals surface area contributed by atoms with E-state index in [2.05, 4.69) is 11.8 Å². The Labute approximate surface area is 234 Å². The molecule has 3 aliphatic heterocycles. The van der Waals surface area contributed by atoms with E-state index in [1.807, 2.05) is 48.5 Å². The number of carbonyl (C=O) groups is 2. The van der Waals surface area contributed by atoms with Crippen molar-refractivity contribution in [3.8, 4) is 0 Å². The van der Waals surface area contributed by atoms with Gasteiger partial charge >= 0.3 is 0 Å². The summed E-state index contributed by atoms with van der Waals surface area (Å²) < 4.78 is 18.7. The van der Waals surface area contributed by atoms with Crippen LogP contribution in [0.4, 0.5) is 0 Å². The average Bonchev–Trinajstić information content (AvgIpc) is 3.24. The summed E-state index contributed by atoms with van der Waals surface area (Å²) in [6.07, 6.45) is -0.814. The minimum atomic E-state index is -0.571. The maximum atomic E-state index is 12.8. The van der Waals surface area contributed by atoms with Gasteiger partial charge in [0.05, 0.1) is 49.7 Å². The Kier molecular flexibility index (Phi) is 7.78. The molecule has 3 aliphatic rings. The van der Waals surface area contributed by atoms with Gasteiger partial charge in [-0.25, -0.2) is 0 Å². The highest BCUT2D eigenvalue weighted by Crippen LogP contribution is 2.42. The van der Waals surface area contributed by atoms with Gasteiger partial charge in [-0.05, 0) is 28.8 Å². The number of hydrogen-bond donors (Lipinski definition) is 1. The number of nitrogens with zero attached hydrogens (tertiary/aromatic N) is 2. The predicted octanol–water partition coefficient (Wildman–Crippen LogP) is 4.10. The summed E-state index contributed by atoms with van der Waals surface area (Å²) in [5.74, 6) is -0.426. The fourth-order valence-corrected chi connectivity index (χ4v) is 5.71. The second-order valence-corrected chi connectivity index (χ2v) is 10.7. The van der Waals surface area contributed by atoms with Crippen LogP contribution in [0.5, 0.6) is 0 Å². The van der Waals surface area contributed by atoms with E-state index >= 15 is 0 Å². The Morgan fingerprint density at radius 3 is 2.02 bits per heavy atom. The highest BCUT2D eigenvalue weighted by molar-refractivity contribution is 6.21. The number of imide groups is 1. The van der Waals surface area contributed by atoms with Crippen LogP contribution in [-0.2, 0) is 27.4 Å². The number of aliphatic hydroxyl groups excluding tert-OH is 1. The molecule has 0 saturated carbocycles. The van der Waals surface area contributed by atoms with Crippen molar-refractivity contribution in [1.29, 1.82) is 0 Å². The molecule has 0 radical (unpaired) electrons. The summed E-state index contributed by atoms with van der Waals surface area (Å²) in [6, 6.07) is 22.6. The number of benzene rings is 3. The molecule has 8 heteroatoms. The molecule has 0 spiro atoms. The highest BCUT2D eigenvalue weighted by atomic mass is 16.7. The Hall–Kier alpha value is -3.40. The van der Waals surface area contributed by atoms with Gasteiger partial charge in [-0.1, -0.05) is 67.6 Å². The molecule has 4 atom stereocenters. The number of rotatable bonds is 7. The lowest BCUT2D eigenvalue weighted by Gasteiger charge is -2.43. The van der Waals surface area contributed by atoms with Crippen LogP contribution in [0.1, 0.15) is 62.3 Å². The van der Waals surface area contributed by atoms with E-state index in [0.29, 0.717) is 11.1 Å². The quantitative estimate of drug-likeness (QED) is 0.450. The van der Waals surface area contributed by atoms with Gasteiger partial charge in [0.25, 0.3) is 11.8 Å². The Balaban J connectivity index is 1.20. The third kappa shape index (κ3) is 5.33. The first kappa shape index (κ1) is 26.8. The fourth-order valence-electron chi connectivity index (χ4n) is 5.71. The molecule has 208 valence electrons. The highest BCUT2D eigenvalue weighted by Gasteiger charge is 2.39. The van der Waals surface area contributed by atoms with Crippen LogP contribution in [0.3, 0.4) is 0 Å².